The van der Waals surface area contributed by atoms with Gasteiger partial charge >= 0.3 is 6.03 Å². The Morgan fingerprint density at radius 1 is 0.861 bits per heavy atom. The van der Waals surface area contributed by atoms with Crippen molar-refractivity contribution in [2.75, 3.05) is 34.5 Å². The molecule has 0 bridgehead atoms. The number of carbonyl (C=O) groups is 1. The minimum atomic E-state index is -0.469. The molecule has 9 heteroatoms. The van der Waals surface area contributed by atoms with Crippen molar-refractivity contribution in [2.24, 2.45) is 0 Å². The number of nitrogens with zero attached hydrogens (tertiary/aromatic N) is 4. The first-order valence-corrected chi connectivity index (χ1v) is 12.1. The van der Waals surface area contributed by atoms with E-state index in [2.05, 4.69) is 20.6 Å². The van der Waals surface area contributed by atoms with Gasteiger partial charge in [-0.1, -0.05) is 59.6 Å². The van der Waals surface area contributed by atoms with Gasteiger partial charge in [0.2, 0.25) is 5.95 Å². The molecule has 2 N–H and O–H groups in total. The molecule has 184 valence electrons. The number of urea groups is 1. The van der Waals surface area contributed by atoms with Gasteiger partial charge < -0.3 is 15.5 Å². The fourth-order valence-electron chi connectivity index (χ4n) is 3.60. The average Bonchev–Trinajstić information content (AvgIpc) is 2.87. The second kappa shape index (κ2) is 11.3. The summed E-state index contributed by atoms with van der Waals surface area (Å²) < 4.78 is 0. The third kappa shape index (κ3) is 5.87. The number of amides is 2. The molecule has 36 heavy (non-hydrogen) atoms. The van der Waals surface area contributed by atoms with Crippen molar-refractivity contribution < 1.29 is 4.79 Å². The van der Waals surface area contributed by atoms with E-state index >= 15 is 0 Å². The van der Waals surface area contributed by atoms with Crippen LogP contribution in [0.2, 0.25) is 10.0 Å². The topological polar surface area (TPSA) is 73.4 Å². The molecule has 0 saturated heterocycles. The molecule has 0 radical (unpaired) electrons. The zero-order chi connectivity index (χ0) is 25.7. The maximum absolute atomic E-state index is 13.6. The van der Waals surface area contributed by atoms with Crippen LogP contribution in [0.4, 0.5) is 33.6 Å². The molecule has 0 saturated carbocycles. The lowest BCUT2D eigenvalue weighted by atomic mass is 10.1. The zero-order valence-corrected chi connectivity index (χ0v) is 21.6. The predicted molar refractivity (Wildman–Crippen MR) is 149 cm³/mol. The Bertz CT molecular complexity index is 1310. The van der Waals surface area contributed by atoms with Crippen molar-refractivity contribution in [2.45, 2.75) is 13.0 Å². The second-order valence-corrected chi connectivity index (χ2v) is 9.10. The van der Waals surface area contributed by atoms with Crippen molar-refractivity contribution in [1.29, 1.82) is 0 Å². The Labute approximate surface area is 220 Å². The standard InChI is InChI=1S/C27H26Cl2N6O/c1-18(19-8-5-4-6-9-19)31-26-30-17-16-24(32-26)35(21-14-12-20(13-15-21)34(2)3)27(36)33-25-22(28)10-7-11-23(25)29/h4-18H,1-3H3,(H,33,36)(H,30,31,32)/t18-/m0/s1. The van der Waals surface area contributed by atoms with Gasteiger partial charge in [-0.3, -0.25) is 0 Å². The summed E-state index contributed by atoms with van der Waals surface area (Å²) in [5.74, 6) is 0.772. The molecule has 2 amide bonds. The summed E-state index contributed by atoms with van der Waals surface area (Å²) in [6.07, 6.45) is 1.61. The predicted octanol–water partition coefficient (Wildman–Crippen LogP) is 7.39. The highest BCUT2D eigenvalue weighted by Crippen LogP contribution is 2.33. The Hall–Kier alpha value is -3.81. The van der Waals surface area contributed by atoms with Gasteiger partial charge in [0.1, 0.15) is 5.82 Å². The van der Waals surface area contributed by atoms with Crippen LogP contribution >= 0.6 is 23.2 Å². The zero-order valence-electron chi connectivity index (χ0n) is 20.1. The summed E-state index contributed by atoms with van der Waals surface area (Å²) in [7, 11) is 3.91. The Morgan fingerprint density at radius 2 is 1.50 bits per heavy atom. The number of anilines is 5. The maximum atomic E-state index is 13.6. The highest BCUT2D eigenvalue weighted by atomic mass is 35.5. The van der Waals surface area contributed by atoms with E-state index in [9.17, 15) is 4.79 Å². The Morgan fingerprint density at radius 3 is 2.14 bits per heavy atom. The Balaban J connectivity index is 1.69. The smallest absolute Gasteiger partial charge is 0.332 e. The van der Waals surface area contributed by atoms with Crippen LogP contribution in [0.25, 0.3) is 0 Å². The fraction of sp³-hybridized carbons (Fsp3) is 0.148. The van der Waals surface area contributed by atoms with E-state index in [0.29, 0.717) is 33.2 Å². The van der Waals surface area contributed by atoms with Crippen LogP contribution in [-0.2, 0) is 0 Å². The van der Waals surface area contributed by atoms with Crippen LogP contribution in [0.1, 0.15) is 18.5 Å². The van der Waals surface area contributed by atoms with E-state index in [0.717, 1.165) is 11.3 Å². The van der Waals surface area contributed by atoms with Gasteiger partial charge in [0.15, 0.2) is 0 Å². The minimum absolute atomic E-state index is 0.0370. The van der Waals surface area contributed by atoms with E-state index in [1.807, 2.05) is 80.5 Å². The monoisotopic (exact) mass is 520 g/mol. The van der Waals surface area contributed by atoms with E-state index in [1.165, 1.54) is 4.90 Å². The third-order valence-corrected chi connectivity index (χ3v) is 6.17. The van der Waals surface area contributed by atoms with Gasteiger partial charge in [-0.25, -0.2) is 14.7 Å². The molecule has 0 spiro atoms. The van der Waals surface area contributed by atoms with Gasteiger partial charge in [-0.05, 0) is 48.9 Å². The summed E-state index contributed by atoms with van der Waals surface area (Å²) in [6.45, 7) is 2.02. The van der Waals surface area contributed by atoms with Gasteiger partial charge in [0.05, 0.1) is 27.5 Å². The molecule has 0 aliphatic rings. The van der Waals surface area contributed by atoms with E-state index in [4.69, 9.17) is 23.2 Å². The summed E-state index contributed by atoms with van der Waals surface area (Å²) in [4.78, 5) is 26.0. The van der Waals surface area contributed by atoms with Crippen molar-refractivity contribution >= 4 is 58.1 Å². The molecule has 1 aromatic heterocycles. The van der Waals surface area contributed by atoms with Crippen LogP contribution in [0.3, 0.4) is 0 Å². The largest absolute Gasteiger partial charge is 0.378 e. The number of benzene rings is 3. The third-order valence-electron chi connectivity index (χ3n) is 5.54. The van der Waals surface area contributed by atoms with E-state index in [-0.39, 0.29) is 6.04 Å². The molecule has 7 nitrogen and oxygen atoms in total. The van der Waals surface area contributed by atoms with Crippen LogP contribution in [0.5, 0.6) is 0 Å². The SMILES string of the molecule is C[C@H](Nc1nccc(N(C(=O)Nc2c(Cl)cccc2Cl)c2ccc(N(C)C)cc2)n1)c1ccccc1. The molecule has 0 unspecified atom stereocenters. The molecule has 0 fully saturated rings. The quantitative estimate of drug-likeness (QED) is 0.265. The van der Waals surface area contributed by atoms with Crippen molar-refractivity contribution in [3.05, 3.63) is 101 Å². The van der Waals surface area contributed by atoms with Crippen LogP contribution in [-0.4, -0.2) is 30.1 Å². The molecule has 4 rings (SSSR count). The molecular formula is C27H26Cl2N6O. The number of carbonyl (C=O) groups excluding carboxylic acids is 1. The summed E-state index contributed by atoms with van der Waals surface area (Å²) in [5, 5.41) is 6.80. The molecule has 0 aliphatic carbocycles. The lowest BCUT2D eigenvalue weighted by molar-refractivity contribution is 0.259. The number of hydrogen-bond acceptors (Lipinski definition) is 5. The van der Waals surface area contributed by atoms with Gasteiger partial charge in [-0.2, -0.15) is 4.98 Å². The first-order chi connectivity index (χ1) is 17.3. The fourth-order valence-corrected chi connectivity index (χ4v) is 4.09. The number of para-hydroxylation sites is 1. The van der Waals surface area contributed by atoms with E-state index in [1.54, 1.807) is 30.5 Å². The highest BCUT2D eigenvalue weighted by molar-refractivity contribution is 6.40. The van der Waals surface area contributed by atoms with Gasteiger partial charge in [0, 0.05) is 32.0 Å². The summed E-state index contributed by atoms with van der Waals surface area (Å²) in [5.41, 5.74) is 3.02. The van der Waals surface area contributed by atoms with Gasteiger partial charge in [-0.15, -0.1) is 0 Å². The number of nitrogens with one attached hydrogen (secondary N) is 2. The normalized spacial score (nSPS) is 11.5. The van der Waals surface area contributed by atoms with Crippen LogP contribution in [0, 0.1) is 0 Å². The number of aromatic nitrogens is 2. The first kappa shape index (κ1) is 25.3. The molecule has 1 heterocycles. The van der Waals surface area contributed by atoms with Gasteiger partial charge in [0.25, 0.3) is 0 Å². The number of halogens is 2. The van der Waals surface area contributed by atoms with E-state index < -0.39 is 6.03 Å². The first-order valence-electron chi connectivity index (χ1n) is 11.3. The summed E-state index contributed by atoms with van der Waals surface area (Å²) in [6, 6.07) is 23.8. The molecule has 3 aromatic carbocycles. The van der Waals surface area contributed by atoms with Crippen molar-refractivity contribution in [3.63, 3.8) is 0 Å². The molecule has 0 aliphatic heterocycles. The molecule has 1 atom stereocenters. The van der Waals surface area contributed by atoms with Crippen LogP contribution < -0.4 is 20.4 Å². The van der Waals surface area contributed by atoms with Crippen LogP contribution in [0.15, 0.2) is 85.1 Å². The molecular weight excluding hydrogens is 495 g/mol. The number of hydrogen-bond donors (Lipinski definition) is 2. The average molecular weight is 521 g/mol. The maximum Gasteiger partial charge on any atom is 0.332 e. The summed E-state index contributed by atoms with van der Waals surface area (Å²) >= 11 is 12.6. The minimum Gasteiger partial charge on any atom is -0.378 e. The lowest BCUT2D eigenvalue weighted by Gasteiger charge is -2.24. The van der Waals surface area contributed by atoms with Crippen molar-refractivity contribution in [1.82, 2.24) is 9.97 Å². The number of rotatable bonds is 7. The second-order valence-electron chi connectivity index (χ2n) is 8.29. The lowest BCUT2D eigenvalue weighted by Crippen LogP contribution is -2.32. The Kier molecular flexibility index (Phi) is 7.93. The highest BCUT2D eigenvalue weighted by Gasteiger charge is 2.22. The van der Waals surface area contributed by atoms with Crippen molar-refractivity contribution in [3.8, 4) is 0 Å². The molecule has 4 aromatic rings.